The molecule has 0 bridgehead atoms. The van der Waals surface area contributed by atoms with Crippen LogP contribution in [0.3, 0.4) is 0 Å². The molecule has 0 unspecified atom stereocenters. The fourth-order valence-electron chi connectivity index (χ4n) is 5.00. The molecular formula is C36H41N3O5S. The van der Waals surface area contributed by atoms with E-state index >= 15 is 0 Å². The van der Waals surface area contributed by atoms with Crippen LogP contribution >= 0.6 is 0 Å². The number of amides is 2. The average molecular weight is 628 g/mol. The second kappa shape index (κ2) is 15.4. The summed E-state index contributed by atoms with van der Waals surface area (Å²) in [6.07, 6.45) is 0.257. The highest BCUT2D eigenvalue weighted by atomic mass is 32.2. The summed E-state index contributed by atoms with van der Waals surface area (Å²) in [5.74, 6) is -0.168. The number of methoxy groups -OCH3 is 1. The van der Waals surface area contributed by atoms with E-state index in [1.54, 1.807) is 42.5 Å². The summed E-state index contributed by atoms with van der Waals surface area (Å²) in [4.78, 5) is 29.9. The number of aryl methyl sites for hydroxylation is 1. The van der Waals surface area contributed by atoms with Crippen LogP contribution in [0.5, 0.6) is 5.75 Å². The third kappa shape index (κ3) is 8.95. The lowest BCUT2D eigenvalue weighted by Crippen LogP contribution is -2.53. The van der Waals surface area contributed by atoms with Gasteiger partial charge in [0.25, 0.3) is 10.0 Å². The van der Waals surface area contributed by atoms with Crippen LogP contribution in [-0.2, 0) is 32.6 Å². The molecule has 0 spiro atoms. The number of carbonyl (C=O) groups excluding carboxylic acids is 2. The smallest absolute Gasteiger partial charge is 0.264 e. The van der Waals surface area contributed by atoms with Gasteiger partial charge in [0.15, 0.2) is 0 Å². The highest BCUT2D eigenvalue weighted by molar-refractivity contribution is 7.92. The van der Waals surface area contributed by atoms with Crippen LogP contribution in [0.1, 0.15) is 30.5 Å². The van der Waals surface area contributed by atoms with Crippen LogP contribution < -0.4 is 14.4 Å². The molecule has 0 aliphatic rings. The van der Waals surface area contributed by atoms with Crippen molar-refractivity contribution >= 4 is 27.5 Å². The number of rotatable bonds is 14. The first-order chi connectivity index (χ1) is 21.6. The van der Waals surface area contributed by atoms with Gasteiger partial charge in [-0.25, -0.2) is 8.42 Å². The molecular weight excluding hydrogens is 586 g/mol. The number of benzene rings is 4. The molecule has 4 aromatic carbocycles. The van der Waals surface area contributed by atoms with Crippen molar-refractivity contribution in [2.24, 2.45) is 5.92 Å². The van der Waals surface area contributed by atoms with Gasteiger partial charge in [-0.05, 0) is 48.2 Å². The third-order valence-electron chi connectivity index (χ3n) is 7.34. The molecule has 8 nitrogen and oxygen atoms in total. The summed E-state index contributed by atoms with van der Waals surface area (Å²) >= 11 is 0. The Labute approximate surface area is 266 Å². The average Bonchev–Trinajstić information content (AvgIpc) is 3.04. The maximum atomic E-state index is 14.5. The molecule has 2 amide bonds. The molecule has 0 aliphatic carbocycles. The number of carbonyl (C=O) groups is 2. The van der Waals surface area contributed by atoms with E-state index in [1.807, 2.05) is 75.4 Å². The van der Waals surface area contributed by atoms with Crippen molar-refractivity contribution in [2.75, 3.05) is 24.5 Å². The second-order valence-corrected chi connectivity index (χ2v) is 13.2. The predicted octanol–water partition coefficient (Wildman–Crippen LogP) is 5.61. The molecule has 1 atom stereocenters. The zero-order chi connectivity index (χ0) is 32.4. The van der Waals surface area contributed by atoms with E-state index < -0.39 is 28.5 Å². The van der Waals surface area contributed by atoms with Crippen LogP contribution in [0.4, 0.5) is 5.69 Å². The van der Waals surface area contributed by atoms with E-state index in [2.05, 4.69) is 5.32 Å². The predicted molar refractivity (Wildman–Crippen MR) is 177 cm³/mol. The zero-order valence-electron chi connectivity index (χ0n) is 26.2. The minimum atomic E-state index is -4.18. The lowest BCUT2D eigenvalue weighted by Gasteiger charge is -2.34. The highest BCUT2D eigenvalue weighted by Crippen LogP contribution is 2.28. The number of nitrogens with one attached hydrogen (secondary N) is 1. The van der Waals surface area contributed by atoms with Gasteiger partial charge in [0.2, 0.25) is 11.8 Å². The standard InChI is InChI=1S/C36H41N3O5S/c1-27(2)24-37-36(41)34(22-29-14-7-5-8-15-29)38(25-30-16-11-13-28(3)21-30)35(40)26-39(31-17-12-18-32(23-31)44-4)45(42,43)33-19-9-6-10-20-33/h5-21,23,27,34H,22,24-26H2,1-4H3,(H,37,41)/t34-/m1/s1. The molecule has 1 N–H and O–H groups in total. The number of ether oxygens (including phenoxy) is 1. The Morgan fingerprint density at radius 2 is 1.47 bits per heavy atom. The summed E-state index contributed by atoms with van der Waals surface area (Å²) in [7, 11) is -2.69. The minimum absolute atomic E-state index is 0.0429. The minimum Gasteiger partial charge on any atom is -0.497 e. The Kier molecular flexibility index (Phi) is 11.4. The molecule has 0 saturated carbocycles. The fraction of sp³-hybridized carbons (Fsp3) is 0.278. The van der Waals surface area contributed by atoms with Gasteiger partial charge in [-0.2, -0.15) is 0 Å². The first kappa shape index (κ1) is 33.3. The Morgan fingerprint density at radius 3 is 2.11 bits per heavy atom. The maximum Gasteiger partial charge on any atom is 0.264 e. The number of hydrogen-bond acceptors (Lipinski definition) is 5. The third-order valence-corrected chi connectivity index (χ3v) is 9.13. The molecule has 0 aromatic heterocycles. The summed E-state index contributed by atoms with van der Waals surface area (Å²) in [6, 6.07) is 30.9. The first-order valence-electron chi connectivity index (χ1n) is 15.0. The van der Waals surface area contributed by atoms with Gasteiger partial charge in [-0.1, -0.05) is 98.3 Å². The summed E-state index contributed by atoms with van der Waals surface area (Å²) in [5, 5.41) is 3.01. The van der Waals surface area contributed by atoms with Crippen molar-refractivity contribution in [3.05, 3.63) is 126 Å². The Balaban J connectivity index is 1.80. The van der Waals surface area contributed by atoms with Crippen LogP contribution in [0.2, 0.25) is 0 Å². The molecule has 0 radical (unpaired) electrons. The van der Waals surface area contributed by atoms with E-state index in [9.17, 15) is 18.0 Å². The maximum absolute atomic E-state index is 14.5. The van der Waals surface area contributed by atoms with E-state index in [0.29, 0.717) is 12.3 Å². The van der Waals surface area contributed by atoms with Crippen LogP contribution in [-0.4, -0.2) is 51.4 Å². The Bertz CT molecular complexity index is 1680. The number of sulfonamides is 1. The fourth-order valence-corrected chi connectivity index (χ4v) is 6.42. The molecule has 0 fully saturated rings. The molecule has 0 saturated heterocycles. The summed E-state index contributed by atoms with van der Waals surface area (Å²) < 4.78 is 34.7. The largest absolute Gasteiger partial charge is 0.497 e. The van der Waals surface area contributed by atoms with Crippen molar-refractivity contribution in [3.63, 3.8) is 0 Å². The number of hydrogen-bond donors (Lipinski definition) is 1. The van der Waals surface area contributed by atoms with Crippen molar-refractivity contribution in [1.82, 2.24) is 10.2 Å². The molecule has 9 heteroatoms. The van der Waals surface area contributed by atoms with Crippen LogP contribution in [0.15, 0.2) is 114 Å². The first-order valence-corrected chi connectivity index (χ1v) is 16.4. The highest BCUT2D eigenvalue weighted by Gasteiger charge is 2.34. The van der Waals surface area contributed by atoms with Gasteiger partial charge in [0.1, 0.15) is 18.3 Å². The molecule has 236 valence electrons. The van der Waals surface area contributed by atoms with E-state index in [0.717, 1.165) is 21.0 Å². The lowest BCUT2D eigenvalue weighted by molar-refractivity contribution is -0.140. The number of nitrogens with zero attached hydrogens (tertiary/aromatic N) is 2. The second-order valence-electron chi connectivity index (χ2n) is 11.4. The Hall–Kier alpha value is -4.63. The van der Waals surface area contributed by atoms with E-state index in [-0.39, 0.29) is 35.4 Å². The van der Waals surface area contributed by atoms with Gasteiger partial charge in [0.05, 0.1) is 17.7 Å². The van der Waals surface area contributed by atoms with Gasteiger partial charge in [-0.3, -0.25) is 13.9 Å². The van der Waals surface area contributed by atoms with E-state index in [4.69, 9.17) is 4.74 Å². The van der Waals surface area contributed by atoms with Gasteiger partial charge in [0, 0.05) is 25.6 Å². The normalized spacial score (nSPS) is 11.9. The summed E-state index contributed by atoms with van der Waals surface area (Å²) in [6.45, 7) is 5.99. The quantitative estimate of drug-likeness (QED) is 0.196. The topological polar surface area (TPSA) is 96.0 Å². The van der Waals surface area contributed by atoms with Crippen molar-refractivity contribution in [1.29, 1.82) is 0 Å². The van der Waals surface area contributed by atoms with Gasteiger partial charge in [-0.15, -0.1) is 0 Å². The van der Waals surface area contributed by atoms with Gasteiger partial charge < -0.3 is 15.0 Å². The SMILES string of the molecule is COc1cccc(N(CC(=O)N(Cc2cccc(C)c2)[C@H](Cc2ccccc2)C(=O)NCC(C)C)S(=O)(=O)c2ccccc2)c1. The summed E-state index contributed by atoms with van der Waals surface area (Å²) in [5.41, 5.74) is 2.99. The zero-order valence-corrected chi connectivity index (χ0v) is 27.0. The van der Waals surface area contributed by atoms with Crippen LogP contribution in [0, 0.1) is 12.8 Å². The molecule has 0 aliphatic heterocycles. The molecule has 4 aromatic rings. The monoisotopic (exact) mass is 627 g/mol. The van der Waals surface area contributed by atoms with Crippen LogP contribution in [0.25, 0.3) is 0 Å². The molecule has 4 rings (SSSR count). The molecule has 0 heterocycles. The van der Waals surface area contributed by atoms with Crippen molar-refractivity contribution < 1.29 is 22.7 Å². The molecule has 45 heavy (non-hydrogen) atoms. The Morgan fingerprint density at radius 1 is 0.822 bits per heavy atom. The van der Waals surface area contributed by atoms with Gasteiger partial charge >= 0.3 is 0 Å². The lowest BCUT2D eigenvalue weighted by atomic mass is 10.0. The van der Waals surface area contributed by atoms with Crippen molar-refractivity contribution in [2.45, 2.75) is 44.7 Å². The van der Waals surface area contributed by atoms with Crippen molar-refractivity contribution in [3.8, 4) is 5.75 Å². The number of anilines is 1. The van der Waals surface area contributed by atoms with E-state index in [1.165, 1.54) is 24.1 Å².